The van der Waals surface area contributed by atoms with Crippen LogP contribution in [0.25, 0.3) is 11.3 Å². The van der Waals surface area contributed by atoms with E-state index in [1.165, 1.54) is 6.39 Å². The fourth-order valence-corrected chi connectivity index (χ4v) is 2.50. The molecule has 2 aromatic carbocycles. The lowest BCUT2D eigenvalue weighted by molar-refractivity contribution is -0.116. The van der Waals surface area contributed by atoms with Gasteiger partial charge in [0.05, 0.1) is 18.9 Å². The molecular formula is C18H17N3O3. The Morgan fingerprint density at radius 1 is 1.21 bits per heavy atom. The molecule has 1 heterocycles. The highest BCUT2D eigenvalue weighted by atomic mass is 16.5. The van der Waals surface area contributed by atoms with Crippen molar-refractivity contribution >= 4 is 17.3 Å². The van der Waals surface area contributed by atoms with Gasteiger partial charge in [0.15, 0.2) is 12.2 Å². The molecule has 0 bridgehead atoms. The van der Waals surface area contributed by atoms with Gasteiger partial charge in [-0.2, -0.15) is 0 Å². The number of hydrogen-bond acceptors (Lipinski definition) is 5. The number of aromatic nitrogens is 1. The lowest BCUT2D eigenvalue weighted by Gasteiger charge is -2.24. The van der Waals surface area contributed by atoms with E-state index in [2.05, 4.69) is 4.98 Å². The Labute approximate surface area is 139 Å². The summed E-state index contributed by atoms with van der Waals surface area (Å²) in [5.41, 5.74) is 7.85. The van der Waals surface area contributed by atoms with Gasteiger partial charge in [0.2, 0.25) is 5.91 Å². The lowest BCUT2D eigenvalue weighted by atomic mass is 10.1. The molecule has 0 aliphatic heterocycles. The zero-order valence-corrected chi connectivity index (χ0v) is 13.2. The zero-order valence-electron chi connectivity index (χ0n) is 13.2. The normalized spacial score (nSPS) is 10.4. The number of ether oxygens (including phenoxy) is 1. The summed E-state index contributed by atoms with van der Waals surface area (Å²) in [6.07, 6.45) is 2.99. The van der Waals surface area contributed by atoms with E-state index in [0.29, 0.717) is 11.5 Å². The molecule has 0 spiro atoms. The standard InChI is InChI=1S/C18H17N3O3/c1-23-16-9-14(7-8-15(16)17-10-20-12-24-17)21(11-18(19)22)13-5-3-2-4-6-13/h2-10,12H,11H2,1H3,(H2,19,22). The highest BCUT2D eigenvalue weighted by Crippen LogP contribution is 2.35. The molecule has 0 unspecified atom stereocenters. The van der Waals surface area contributed by atoms with Crippen LogP contribution < -0.4 is 15.4 Å². The van der Waals surface area contributed by atoms with E-state index in [1.807, 2.05) is 53.4 Å². The minimum absolute atomic E-state index is 0.0643. The van der Waals surface area contributed by atoms with Gasteiger partial charge in [-0.3, -0.25) is 4.79 Å². The lowest BCUT2D eigenvalue weighted by Crippen LogP contribution is -2.30. The molecule has 0 fully saturated rings. The number of benzene rings is 2. The largest absolute Gasteiger partial charge is 0.496 e. The molecular weight excluding hydrogens is 306 g/mol. The molecule has 6 heteroatoms. The van der Waals surface area contributed by atoms with Crippen LogP contribution in [0.1, 0.15) is 0 Å². The third-order valence-electron chi connectivity index (χ3n) is 3.58. The fourth-order valence-electron chi connectivity index (χ4n) is 2.50. The van der Waals surface area contributed by atoms with Crippen molar-refractivity contribution in [1.82, 2.24) is 4.98 Å². The molecule has 24 heavy (non-hydrogen) atoms. The van der Waals surface area contributed by atoms with Crippen molar-refractivity contribution in [2.75, 3.05) is 18.6 Å². The summed E-state index contributed by atoms with van der Waals surface area (Å²) in [6.45, 7) is 0.0643. The van der Waals surface area contributed by atoms with Crippen LogP contribution in [0.3, 0.4) is 0 Å². The minimum Gasteiger partial charge on any atom is -0.496 e. The quantitative estimate of drug-likeness (QED) is 0.754. The number of hydrogen-bond donors (Lipinski definition) is 1. The number of rotatable bonds is 6. The first kappa shape index (κ1) is 15.6. The first-order chi connectivity index (χ1) is 11.7. The summed E-state index contributed by atoms with van der Waals surface area (Å²) in [5, 5.41) is 0. The second kappa shape index (κ2) is 6.87. The van der Waals surface area contributed by atoms with Gasteiger partial charge in [0.25, 0.3) is 0 Å². The zero-order chi connectivity index (χ0) is 16.9. The third-order valence-corrected chi connectivity index (χ3v) is 3.58. The van der Waals surface area contributed by atoms with Crippen molar-refractivity contribution in [1.29, 1.82) is 0 Å². The topological polar surface area (TPSA) is 81.6 Å². The number of nitrogens with two attached hydrogens (primary N) is 1. The number of nitrogens with zero attached hydrogens (tertiary/aromatic N) is 2. The van der Waals surface area contributed by atoms with Crippen LogP contribution in [0.2, 0.25) is 0 Å². The molecule has 0 saturated heterocycles. The first-order valence-corrected chi connectivity index (χ1v) is 7.37. The average molecular weight is 323 g/mol. The van der Waals surface area contributed by atoms with E-state index >= 15 is 0 Å². The second-order valence-electron chi connectivity index (χ2n) is 5.14. The Hall–Kier alpha value is -3.28. The van der Waals surface area contributed by atoms with Crippen molar-refractivity contribution in [3.8, 4) is 17.1 Å². The van der Waals surface area contributed by atoms with Gasteiger partial charge in [0.1, 0.15) is 12.3 Å². The van der Waals surface area contributed by atoms with E-state index in [1.54, 1.807) is 13.3 Å². The predicted octanol–water partition coefficient (Wildman–Crippen LogP) is 2.97. The molecule has 0 aliphatic carbocycles. The van der Waals surface area contributed by atoms with Crippen molar-refractivity contribution in [2.45, 2.75) is 0 Å². The maximum atomic E-state index is 11.5. The highest BCUT2D eigenvalue weighted by Gasteiger charge is 2.16. The number of methoxy groups -OCH3 is 1. The van der Waals surface area contributed by atoms with Gasteiger partial charge in [-0.05, 0) is 24.3 Å². The van der Waals surface area contributed by atoms with E-state index < -0.39 is 5.91 Å². The Morgan fingerprint density at radius 3 is 2.62 bits per heavy atom. The molecule has 122 valence electrons. The molecule has 1 aromatic heterocycles. The van der Waals surface area contributed by atoms with Crippen LogP contribution in [-0.4, -0.2) is 24.5 Å². The smallest absolute Gasteiger partial charge is 0.237 e. The van der Waals surface area contributed by atoms with Crippen LogP contribution in [0.5, 0.6) is 5.75 Å². The molecule has 0 aliphatic rings. The highest BCUT2D eigenvalue weighted by molar-refractivity contribution is 5.84. The third kappa shape index (κ3) is 3.22. The molecule has 6 nitrogen and oxygen atoms in total. The summed E-state index contributed by atoms with van der Waals surface area (Å²) in [5.74, 6) is 0.811. The Kier molecular flexibility index (Phi) is 4.47. The monoisotopic (exact) mass is 323 g/mol. The number of carbonyl (C=O) groups is 1. The molecule has 2 N–H and O–H groups in total. The molecule has 1 amide bonds. The van der Waals surface area contributed by atoms with Crippen molar-refractivity contribution in [3.63, 3.8) is 0 Å². The van der Waals surface area contributed by atoms with Crippen LogP contribution in [-0.2, 0) is 4.79 Å². The van der Waals surface area contributed by atoms with Crippen molar-refractivity contribution < 1.29 is 13.9 Å². The maximum absolute atomic E-state index is 11.5. The maximum Gasteiger partial charge on any atom is 0.237 e. The summed E-state index contributed by atoms with van der Waals surface area (Å²) in [7, 11) is 1.58. The Morgan fingerprint density at radius 2 is 2.00 bits per heavy atom. The van der Waals surface area contributed by atoms with E-state index in [-0.39, 0.29) is 6.54 Å². The van der Waals surface area contributed by atoms with E-state index in [9.17, 15) is 4.79 Å². The van der Waals surface area contributed by atoms with Crippen LogP contribution in [0.15, 0.2) is 65.5 Å². The number of para-hydroxylation sites is 1. The van der Waals surface area contributed by atoms with E-state index in [0.717, 1.165) is 16.9 Å². The van der Waals surface area contributed by atoms with Gasteiger partial charge in [0, 0.05) is 17.4 Å². The second-order valence-corrected chi connectivity index (χ2v) is 5.14. The van der Waals surface area contributed by atoms with Crippen LogP contribution >= 0.6 is 0 Å². The van der Waals surface area contributed by atoms with Crippen LogP contribution in [0.4, 0.5) is 11.4 Å². The molecule has 0 saturated carbocycles. The average Bonchev–Trinajstić information content (AvgIpc) is 3.14. The number of amides is 1. The summed E-state index contributed by atoms with van der Waals surface area (Å²) >= 11 is 0. The molecule has 3 rings (SSSR count). The van der Waals surface area contributed by atoms with Crippen molar-refractivity contribution in [3.05, 3.63) is 61.1 Å². The van der Waals surface area contributed by atoms with Gasteiger partial charge in [-0.25, -0.2) is 4.98 Å². The van der Waals surface area contributed by atoms with Gasteiger partial charge >= 0.3 is 0 Å². The summed E-state index contributed by atoms with van der Waals surface area (Å²) in [6, 6.07) is 15.2. The number of oxazole rings is 1. The van der Waals surface area contributed by atoms with Crippen LogP contribution in [0, 0.1) is 0 Å². The number of primary amides is 1. The molecule has 3 aromatic rings. The summed E-state index contributed by atoms with van der Waals surface area (Å²) < 4.78 is 10.8. The van der Waals surface area contributed by atoms with Gasteiger partial charge in [-0.1, -0.05) is 18.2 Å². The Balaban J connectivity index is 2.03. The van der Waals surface area contributed by atoms with E-state index in [4.69, 9.17) is 14.9 Å². The molecule has 0 radical (unpaired) electrons. The number of anilines is 2. The first-order valence-electron chi connectivity index (χ1n) is 7.37. The molecule has 0 atom stereocenters. The van der Waals surface area contributed by atoms with Gasteiger partial charge < -0.3 is 19.8 Å². The SMILES string of the molecule is COc1cc(N(CC(N)=O)c2ccccc2)ccc1-c1cnco1. The van der Waals surface area contributed by atoms with Crippen molar-refractivity contribution in [2.24, 2.45) is 5.73 Å². The number of carbonyl (C=O) groups excluding carboxylic acids is 1. The fraction of sp³-hybridized carbons (Fsp3) is 0.111. The summed E-state index contributed by atoms with van der Waals surface area (Å²) in [4.78, 5) is 17.2. The predicted molar refractivity (Wildman–Crippen MR) is 91.1 cm³/mol. The van der Waals surface area contributed by atoms with Gasteiger partial charge in [-0.15, -0.1) is 0 Å². The minimum atomic E-state index is -0.419. The Bertz CT molecular complexity index is 817.